The average Bonchev–Trinajstić information content (AvgIpc) is 2.71. The second-order valence-corrected chi connectivity index (χ2v) is 4.76. The Bertz CT molecular complexity index is 294. The topological polar surface area (TPSA) is 26.0 Å². The van der Waals surface area contributed by atoms with Crippen LogP contribution in [0.1, 0.15) is 36.5 Å². The van der Waals surface area contributed by atoms with Gasteiger partial charge in [-0.25, -0.2) is 4.98 Å². The molecule has 0 spiro atoms. The molecule has 13 heavy (non-hydrogen) atoms. The molecular weight excluding hydrogens is 206 g/mol. The zero-order valence-corrected chi connectivity index (χ0v) is 9.12. The van der Waals surface area contributed by atoms with Crippen LogP contribution in [0.25, 0.3) is 0 Å². The van der Waals surface area contributed by atoms with Crippen molar-refractivity contribution in [2.24, 2.45) is 0 Å². The summed E-state index contributed by atoms with van der Waals surface area (Å²) in [6, 6.07) is 0. The number of hydrogen-bond donors (Lipinski definition) is 0. The Labute approximate surface area is 87.1 Å². The highest BCUT2D eigenvalue weighted by Gasteiger charge is 2.24. The van der Waals surface area contributed by atoms with Gasteiger partial charge >= 0.3 is 0 Å². The van der Waals surface area contributed by atoms with Crippen LogP contribution in [0.15, 0.2) is 4.42 Å². The van der Waals surface area contributed by atoms with E-state index in [2.05, 4.69) is 11.9 Å². The average molecular weight is 218 g/mol. The summed E-state index contributed by atoms with van der Waals surface area (Å²) in [6.07, 6.45) is 3.37. The first-order valence-corrected chi connectivity index (χ1v) is 6.00. The molecular formula is C9H12ClNOS. The maximum Gasteiger partial charge on any atom is 0.292 e. The number of aryl methyl sites for hydroxylation is 1. The summed E-state index contributed by atoms with van der Waals surface area (Å²) in [6.45, 7) is 2.07. The molecule has 0 radical (unpaired) electrons. The van der Waals surface area contributed by atoms with Gasteiger partial charge in [-0.3, -0.25) is 0 Å². The van der Waals surface area contributed by atoms with Crippen LogP contribution in [0.5, 0.6) is 0 Å². The van der Waals surface area contributed by atoms with Gasteiger partial charge in [-0.05, 0) is 30.2 Å². The number of thioether (sulfide) groups is 1. The van der Waals surface area contributed by atoms with E-state index >= 15 is 0 Å². The van der Waals surface area contributed by atoms with E-state index < -0.39 is 0 Å². The van der Waals surface area contributed by atoms with Crippen molar-refractivity contribution in [3.05, 3.63) is 16.8 Å². The fourth-order valence-electron chi connectivity index (χ4n) is 1.63. The zero-order valence-electron chi connectivity index (χ0n) is 7.55. The lowest BCUT2D eigenvalue weighted by molar-refractivity contribution is 0.508. The highest BCUT2D eigenvalue weighted by atomic mass is 35.5. The number of rotatable bonds is 2. The number of hydrogen-bond acceptors (Lipinski definition) is 3. The quantitative estimate of drug-likeness (QED) is 0.759. The van der Waals surface area contributed by atoms with Crippen LogP contribution in [0, 0.1) is 0 Å². The monoisotopic (exact) mass is 217 g/mol. The van der Waals surface area contributed by atoms with Crippen molar-refractivity contribution in [3.63, 3.8) is 0 Å². The Hall–Kier alpha value is -0.150. The van der Waals surface area contributed by atoms with E-state index in [1.54, 1.807) is 0 Å². The molecule has 1 saturated heterocycles. The van der Waals surface area contributed by atoms with Gasteiger partial charge in [0.05, 0.1) is 10.9 Å². The molecule has 0 N–H and O–H groups in total. The summed E-state index contributed by atoms with van der Waals surface area (Å²) in [5.41, 5.74) is 1.08. The predicted octanol–water partition coefficient (Wildman–Crippen LogP) is 3.46. The molecule has 2 heterocycles. The lowest BCUT2D eigenvalue weighted by atomic mass is 10.1. The minimum absolute atomic E-state index is 0.291. The Morgan fingerprint density at radius 1 is 1.69 bits per heavy atom. The first kappa shape index (κ1) is 9.41. The molecule has 1 aromatic heterocycles. The maximum atomic E-state index is 5.74. The third-order valence-electron chi connectivity index (χ3n) is 2.26. The Balaban J connectivity index is 2.26. The zero-order chi connectivity index (χ0) is 9.26. The van der Waals surface area contributed by atoms with E-state index in [0.29, 0.717) is 10.6 Å². The molecule has 1 aliphatic heterocycles. The SMILES string of the molecule is CCc1oc(Cl)nc1C1CCCS1. The molecule has 2 nitrogen and oxygen atoms in total. The molecule has 1 aliphatic rings. The Morgan fingerprint density at radius 3 is 3.15 bits per heavy atom. The fourth-order valence-corrected chi connectivity index (χ4v) is 3.11. The first-order valence-electron chi connectivity index (χ1n) is 4.58. The Morgan fingerprint density at radius 2 is 2.54 bits per heavy atom. The molecule has 72 valence electrons. The lowest BCUT2D eigenvalue weighted by Crippen LogP contribution is -1.93. The maximum absolute atomic E-state index is 5.74. The molecule has 4 heteroatoms. The number of halogens is 1. The summed E-state index contributed by atoms with van der Waals surface area (Å²) < 4.78 is 5.32. The largest absolute Gasteiger partial charge is 0.432 e. The van der Waals surface area contributed by atoms with Gasteiger partial charge in [-0.15, -0.1) is 0 Å². The number of oxazole rings is 1. The normalized spacial score (nSPS) is 22.5. The summed E-state index contributed by atoms with van der Waals surface area (Å²) in [5, 5.41) is 0.811. The molecule has 0 amide bonds. The van der Waals surface area contributed by atoms with E-state index in [-0.39, 0.29) is 0 Å². The van der Waals surface area contributed by atoms with Gasteiger partial charge in [0.2, 0.25) is 0 Å². The lowest BCUT2D eigenvalue weighted by Gasteiger charge is -2.04. The van der Waals surface area contributed by atoms with Gasteiger partial charge in [0.1, 0.15) is 5.76 Å². The van der Waals surface area contributed by atoms with Gasteiger partial charge in [0, 0.05) is 6.42 Å². The first-order chi connectivity index (χ1) is 6.31. The summed E-state index contributed by atoms with van der Waals surface area (Å²) in [7, 11) is 0. The molecule has 0 aliphatic carbocycles. The Kier molecular flexibility index (Phi) is 2.84. The second-order valence-electron chi connectivity index (χ2n) is 3.13. The molecule has 1 unspecified atom stereocenters. The van der Waals surface area contributed by atoms with Gasteiger partial charge in [0.25, 0.3) is 5.35 Å². The third-order valence-corrected chi connectivity index (χ3v) is 3.80. The fraction of sp³-hybridized carbons (Fsp3) is 0.667. The van der Waals surface area contributed by atoms with Gasteiger partial charge in [0.15, 0.2) is 0 Å². The minimum atomic E-state index is 0.291. The highest BCUT2D eigenvalue weighted by Crippen LogP contribution is 2.41. The molecule has 1 atom stereocenters. The number of aromatic nitrogens is 1. The van der Waals surface area contributed by atoms with Crippen molar-refractivity contribution in [1.82, 2.24) is 4.98 Å². The van der Waals surface area contributed by atoms with Crippen LogP contribution in [-0.2, 0) is 6.42 Å². The predicted molar refractivity (Wildman–Crippen MR) is 55.3 cm³/mol. The third kappa shape index (κ3) is 1.86. The van der Waals surface area contributed by atoms with E-state index in [1.165, 1.54) is 18.6 Å². The molecule has 1 fully saturated rings. The van der Waals surface area contributed by atoms with Crippen LogP contribution >= 0.6 is 23.4 Å². The van der Waals surface area contributed by atoms with Gasteiger partial charge in [-0.2, -0.15) is 11.8 Å². The van der Waals surface area contributed by atoms with Gasteiger partial charge in [-0.1, -0.05) is 6.92 Å². The minimum Gasteiger partial charge on any atom is -0.432 e. The number of nitrogens with zero attached hydrogens (tertiary/aromatic N) is 1. The van der Waals surface area contributed by atoms with Crippen molar-refractivity contribution in [3.8, 4) is 0 Å². The molecule has 1 aromatic rings. The summed E-state index contributed by atoms with van der Waals surface area (Å²) in [4.78, 5) is 4.24. The van der Waals surface area contributed by atoms with Crippen molar-refractivity contribution in [2.75, 3.05) is 5.75 Å². The molecule has 0 saturated carbocycles. The van der Waals surface area contributed by atoms with Crippen molar-refractivity contribution >= 4 is 23.4 Å². The molecule has 2 rings (SSSR count). The van der Waals surface area contributed by atoms with E-state index in [1.807, 2.05) is 11.8 Å². The van der Waals surface area contributed by atoms with Crippen LogP contribution in [0.2, 0.25) is 5.35 Å². The van der Waals surface area contributed by atoms with E-state index in [9.17, 15) is 0 Å². The van der Waals surface area contributed by atoms with Crippen molar-refractivity contribution < 1.29 is 4.42 Å². The van der Waals surface area contributed by atoms with Gasteiger partial charge < -0.3 is 4.42 Å². The standard InChI is InChI=1S/C9H12ClNOS/c1-2-6-8(11-9(10)12-6)7-4-3-5-13-7/h7H,2-5H2,1H3. The van der Waals surface area contributed by atoms with E-state index in [4.69, 9.17) is 16.0 Å². The second kappa shape index (κ2) is 3.93. The van der Waals surface area contributed by atoms with Crippen LogP contribution in [0.3, 0.4) is 0 Å². The van der Waals surface area contributed by atoms with Crippen LogP contribution in [0.4, 0.5) is 0 Å². The van der Waals surface area contributed by atoms with Crippen LogP contribution < -0.4 is 0 Å². The van der Waals surface area contributed by atoms with E-state index in [0.717, 1.165) is 17.9 Å². The van der Waals surface area contributed by atoms with Crippen LogP contribution in [-0.4, -0.2) is 10.7 Å². The molecule has 0 bridgehead atoms. The van der Waals surface area contributed by atoms with Crippen molar-refractivity contribution in [1.29, 1.82) is 0 Å². The summed E-state index contributed by atoms with van der Waals surface area (Å²) in [5.74, 6) is 2.20. The highest BCUT2D eigenvalue weighted by molar-refractivity contribution is 7.99. The van der Waals surface area contributed by atoms with Crippen molar-refractivity contribution in [2.45, 2.75) is 31.4 Å². The molecule has 0 aromatic carbocycles. The summed E-state index contributed by atoms with van der Waals surface area (Å²) >= 11 is 7.69. The smallest absolute Gasteiger partial charge is 0.292 e.